The number of nitriles is 1. The Labute approximate surface area is 127 Å². The molecule has 4 heteroatoms. The number of ether oxygens (including phenoxy) is 1. The van der Waals surface area contributed by atoms with Crippen molar-refractivity contribution < 1.29 is 4.74 Å². The maximum absolute atomic E-state index is 9.79. The van der Waals surface area contributed by atoms with Crippen molar-refractivity contribution in [2.45, 2.75) is 44.6 Å². The highest BCUT2D eigenvalue weighted by molar-refractivity contribution is 5.39. The van der Waals surface area contributed by atoms with E-state index in [2.05, 4.69) is 50.0 Å². The van der Waals surface area contributed by atoms with Gasteiger partial charge in [-0.15, -0.1) is 0 Å². The lowest BCUT2D eigenvalue weighted by molar-refractivity contribution is 0.0670. The zero-order valence-electron chi connectivity index (χ0n) is 13.5. The lowest BCUT2D eigenvalue weighted by Crippen LogP contribution is -2.34. The smallest absolute Gasteiger partial charge is 0.0884 e. The van der Waals surface area contributed by atoms with Crippen molar-refractivity contribution >= 4 is 0 Å². The van der Waals surface area contributed by atoms with Crippen LogP contribution in [0.25, 0.3) is 0 Å². The Morgan fingerprint density at radius 3 is 2.57 bits per heavy atom. The zero-order chi connectivity index (χ0) is 15.5. The van der Waals surface area contributed by atoms with Crippen molar-refractivity contribution in [3.8, 4) is 6.07 Å². The topological polar surface area (TPSA) is 49.2 Å². The Hall–Kier alpha value is -1.44. The molecule has 1 fully saturated rings. The third kappa shape index (κ3) is 3.42. The molecule has 2 rings (SSSR count). The minimum atomic E-state index is -0.438. The second-order valence-electron chi connectivity index (χ2n) is 6.47. The van der Waals surface area contributed by atoms with Crippen LogP contribution in [-0.2, 0) is 16.7 Å². The summed E-state index contributed by atoms with van der Waals surface area (Å²) in [4.78, 5) is 6.75. The molecule has 21 heavy (non-hydrogen) atoms. The van der Waals surface area contributed by atoms with E-state index in [1.54, 1.807) is 0 Å². The average Bonchev–Trinajstić information content (AvgIpc) is 2.47. The van der Waals surface area contributed by atoms with E-state index in [-0.39, 0.29) is 0 Å². The number of nitrogens with zero attached hydrogens (tertiary/aromatic N) is 3. The van der Waals surface area contributed by atoms with Crippen molar-refractivity contribution in [3.05, 3.63) is 29.1 Å². The Kier molecular flexibility index (Phi) is 4.97. The third-order valence-corrected chi connectivity index (χ3v) is 4.16. The van der Waals surface area contributed by atoms with Crippen molar-refractivity contribution in [2.24, 2.45) is 0 Å². The molecule has 0 aliphatic carbocycles. The molecule has 0 unspecified atom stereocenters. The van der Waals surface area contributed by atoms with Gasteiger partial charge in [-0.3, -0.25) is 4.98 Å². The molecule has 0 N–H and O–H groups in total. The fraction of sp³-hybridized carbons (Fsp3) is 0.647. The number of pyridine rings is 1. The summed E-state index contributed by atoms with van der Waals surface area (Å²) in [5.41, 5.74) is 2.97. The summed E-state index contributed by atoms with van der Waals surface area (Å²) in [7, 11) is 4.12. The number of rotatable bonds is 4. The highest BCUT2D eigenvalue weighted by Gasteiger charge is 2.37. The number of aromatic nitrogens is 1. The monoisotopic (exact) mass is 287 g/mol. The predicted octanol–water partition coefficient (Wildman–Crippen LogP) is 2.84. The van der Waals surface area contributed by atoms with Gasteiger partial charge in [0.15, 0.2) is 0 Å². The first-order chi connectivity index (χ1) is 9.98. The van der Waals surface area contributed by atoms with E-state index in [9.17, 15) is 5.26 Å². The Morgan fingerprint density at radius 2 is 2.05 bits per heavy atom. The molecule has 0 amide bonds. The number of hydrogen-bond acceptors (Lipinski definition) is 4. The fourth-order valence-corrected chi connectivity index (χ4v) is 2.89. The molecule has 1 aromatic rings. The second-order valence-corrected chi connectivity index (χ2v) is 6.47. The van der Waals surface area contributed by atoms with Gasteiger partial charge in [-0.05, 0) is 50.0 Å². The van der Waals surface area contributed by atoms with Crippen molar-refractivity contribution in [2.75, 3.05) is 27.3 Å². The minimum absolute atomic E-state index is 0.396. The van der Waals surface area contributed by atoms with Crippen LogP contribution in [-0.4, -0.2) is 37.2 Å². The van der Waals surface area contributed by atoms with E-state index < -0.39 is 5.41 Å². The molecule has 0 atom stereocenters. The van der Waals surface area contributed by atoms with Crippen LogP contribution in [0.1, 0.15) is 49.4 Å². The summed E-state index contributed by atoms with van der Waals surface area (Å²) in [5, 5.41) is 9.79. The van der Waals surface area contributed by atoms with E-state index >= 15 is 0 Å². The van der Waals surface area contributed by atoms with Crippen LogP contribution in [0.3, 0.4) is 0 Å². The standard InChI is InChI=1S/C17H25N3O/c1-13(2)16-9-14(11-20(3)4)15(10-19-16)17(12-18)5-7-21-8-6-17/h9-10,13H,5-8,11H2,1-4H3. The van der Waals surface area contributed by atoms with Crippen LogP contribution >= 0.6 is 0 Å². The van der Waals surface area contributed by atoms with Crippen LogP contribution in [0, 0.1) is 11.3 Å². The van der Waals surface area contributed by atoms with Crippen molar-refractivity contribution in [1.82, 2.24) is 9.88 Å². The second kappa shape index (κ2) is 6.55. The van der Waals surface area contributed by atoms with Crippen LogP contribution in [0.2, 0.25) is 0 Å². The van der Waals surface area contributed by atoms with Gasteiger partial charge in [-0.1, -0.05) is 13.8 Å². The van der Waals surface area contributed by atoms with Gasteiger partial charge in [0.2, 0.25) is 0 Å². The highest BCUT2D eigenvalue weighted by atomic mass is 16.5. The Balaban J connectivity index is 2.48. The predicted molar refractivity (Wildman–Crippen MR) is 83.1 cm³/mol. The quantitative estimate of drug-likeness (QED) is 0.854. The summed E-state index contributed by atoms with van der Waals surface area (Å²) < 4.78 is 5.45. The van der Waals surface area contributed by atoms with Crippen LogP contribution in [0.4, 0.5) is 0 Å². The maximum Gasteiger partial charge on any atom is 0.0884 e. The van der Waals surface area contributed by atoms with Crippen molar-refractivity contribution in [1.29, 1.82) is 5.26 Å². The molecule has 2 heterocycles. The number of hydrogen-bond donors (Lipinski definition) is 0. The Bertz CT molecular complexity index is 525. The molecule has 1 aliphatic heterocycles. The van der Waals surface area contributed by atoms with Crippen molar-refractivity contribution in [3.63, 3.8) is 0 Å². The van der Waals surface area contributed by atoms with Gasteiger partial charge in [0, 0.05) is 31.6 Å². The molecule has 4 nitrogen and oxygen atoms in total. The molecule has 1 aromatic heterocycles. The van der Waals surface area contributed by atoms with E-state index in [0.29, 0.717) is 19.1 Å². The molecule has 0 spiro atoms. The molecule has 0 saturated carbocycles. The van der Waals surface area contributed by atoms with Gasteiger partial charge in [0.25, 0.3) is 0 Å². The molecule has 0 bridgehead atoms. The van der Waals surface area contributed by atoms with Gasteiger partial charge in [0.1, 0.15) is 0 Å². The lowest BCUT2D eigenvalue weighted by atomic mass is 9.74. The zero-order valence-corrected chi connectivity index (χ0v) is 13.5. The van der Waals surface area contributed by atoms with E-state index in [1.165, 1.54) is 5.56 Å². The van der Waals surface area contributed by atoms with E-state index in [0.717, 1.165) is 30.6 Å². The molecule has 0 aromatic carbocycles. The molecular formula is C17H25N3O. The first kappa shape index (κ1) is 15.9. The molecular weight excluding hydrogens is 262 g/mol. The van der Waals surface area contributed by atoms with Gasteiger partial charge >= 0.3 is 0 Å². The van der Waals surface area contributed by atoms with Gasteiger partial charge in [-0.2, -0.15) is 5.26 Å². The van der Waals surface area contributed by atoms with Crippen LogP contribution in [0.15, 0.2) is 12.3 Å². The SMILES string of the molecule is CC(C)c1cc(CN(C)C)c(C2(C#N)CCOCC2)cn1. The maximum atomic E-state index is 9.79. The fourth-order valence-electron chi connectivity index (χ4n) is 2.89. The Morgan fingerprint density at radius 1 is 1.38 bits per heavy atom. The van der Waals surface area contributed by atoms with E-state index in [4.69, 9.17) is 4.74 Å². The largest absolute Gasteiger partial charge is 0.381 e. The summed E-state index contributed by atoms with van der Waals surface area (Å²) in [6.07, 6.45) is 3.45. The summed E-state index contributed by atoms with van der Waals surface area (Å²) in [5.74, 6) is 0.396. The van der Waals surface area contributed by atoms with E-state index in [1.807, 2.05) is 6.20 Å². The van der Waals surface area contributed by atoms with Crippen LogP contribution in [0.5, 0.6) is 0 Å². The minimum Gasteiger partial charge on any atom is -0.381 e. The first-order valence-electron chi connectivity index (χ1n) is 7.61. The van der Waals surface area contributed by atoms with Gasteiger partial charge in [-0.25, -0.2) is 0 Å². The third-order valence-electron chi connectivity index (χ3n) is 4.16. The summed E-state index contributed by atoms with van der Waals surface area (Å²) in [6, 6.07) is 4.73. The molecule has 114 valence electrons. The first-order valence-corrected chi connectivity index (χ1v) is 7.61. The normalized spacial score (nSPS) is 18.0. The highest BCUT2D eigenvalue weighted by Crippen LogP contribution is 2.36. The van der Waals surface area contributed by atoms with Gasteiger partial charge in [0.05, 0.1) is 11.5 Å². The molecule has 0 radical (unpaired) electrons. The average molecular weight is 287 g/mol. The van der Waals surface area contributed by atoms with Crippen LogP contribution < -0.4 is 0 Å². The van der Waals surface area contributed by atoms with Gasteiger partial charge < -0.3 is 9.64 Å². The lowest BCUT2D eigenvalue weighted by Gasteiger charge is -2.33. The summed E-state index contributed by atoms with van der Waals surface area (Å²) >= 11 is 0. The summed E-state index contributed by atoms with van der Waals surface area (Å²) in [6.45, 7) is 6.44. The molecule has 1 aliphatic rings. The molecule has 1 saturated heterocycles.